The molecule has 0 saturated carbocycles. The number of aromatic nitrogens is 2. The van der Waals surface area contributed by atoms with Gasteiger partial charge in [-0.25, -0.2) is 9.97 Å². The van der Waals surface area contributed by atoms with Crippen molar-refractivity contribution in [1.29, 1.82) is 0 Å². The summed E-state index contributed by atoms with van der Waals surface area (Å²) in [5.74, 6) is 1.77. The molecule has 1 fully saturated rings. The normalized spacial score (nSPS) is 22.3. The molecule has 4 N–H and O–H groups in total. The summed E-state index contributed by atoms with van der Waals surface area (Å²) in [5, 5.41) is 15.8. The number of thiophene rings is 1. The highest BCUT2D eigenvalue weighted by atomic mass is 32.1. The van der Waals surface area contributed by atoms with E-state index in [2.05, 4.69) is 53.1 Å². The molecule has 0 radical (unpaired) electrons. The molecule has 0 bridgehead atoms. The number of hydrogen-bond donors (Lipinski definition) is 3. The van der Waals surface area contributed by atoms with Crippen LogP contribution >= 0.6 is 11.3 Å². The maximum Gasteiger partial charge on any atom is 0.143 e. The monoisotopic (exact) mass is 511 g/mol. The van der Waals surface area contributed by atoms with Gasteiger partial charge in [-0.3, -0.25) is 4.90 Å². The minimum Gasteiger partial charge on any atom is -0.487 e. The van der Waals surface area contributed by atoms with Crippen LogP contribution in [0.5, 0.6) is 5.75 Å². The lowest BCUT2D eigenvalue weighted by Gasteiger charge is -2.41. The van der Waals surface area contributed by atoms with E-state index >= 15 is 0 Å². The zero-order valence-electron chi connectivity index (χ0n) is 21.6. The number of ether oxygens (including phenoxy) is 2. The van der Waals surface area contributed by atoms with Crippen LogP contribution in [0.15, 0.2) is 18.5 Å². The molecule has 4 unspecified atom stereocenters. The zero-order chi connectivity index (χ0) is 25.4. The number of anilines is 2. The maximum absolute atomic E-state index is 11.2. The number of nitrogens with zero attached hydrogens (tertiary/aromatic N) is 3. The number of benzene rings is 1. The van der Waals surface area contributed by atoms with E-state index in [-0.39, 0.29) is 18.1 Å². The lowest BCUT2D eigenvalue weighted by molar-refractivity contribution is -0.114. The SMILES string of the molecule is Cc1cc(Nc2ncnc3sc4c(c23)CCC(C(O)N2CCOCC2C)C4)c(OC(C)CN)cc1C. The number of fused-ring (bicyclic) bond motifs is 3. The van der Waals surface area contributed by atoms with E-state index in [0.717, 1.165) is 53.3 Å². The summed E-state index contributed by atoms with van der Waals surface area (Å²) in [6.07, 6.45) is 3.77. The molecule has 0 amide bonds. The molecular weight excluding hydrogens is 474 g/mol. The van der Waals surface area contributed by atoms with Crippen LogP contribution in [0.3, 0.4) is 0 Å². The van der Waals surface area contributed by atoms with E-state index in [0.29, 0.717) is 19.8 Å². The van der Waals surface area contributed by atoms with Gasteiger partial charge in [-0.2, -0.15) is 0 Å². The van der Waals surface area contributed by atoms with Gasteiger partial charge in [0.1, 0.15) is 35.1 Å². The number of nitrogens with one attached hydrogen (secondary N) is 1. The average Bonchev–Trinajstić information content (AvgIpc) is 3.25. The molecule has 2 aromatic heterocycles. The summed E-state index contributed by atoms with van der Waals surface area (Å²) in [5.41, 5.74) is 10.3. The molecule has 1 aliphatic carbocycles. The molecule has 0 spiro atoms. The van der Waals surface area contributed by atoms with Gasteiger partial charge in [-0.05, 0) is 75.8 Å². The second-order valence-electron chi connectivity index (χ2n) is 10.2. The minimum absolute atomic E-state index is 0.0930. The summed E-state index contributed by atoms with van der Waals surface area (Å²) in [7, 11) is 0. The Bertz CT molecular complexity index is 1230. The highest BCUT2D eigenvalue weighted by Gasteiger charge is 2.34. The summed E-state index contributed by atoms with van der Waals surface area (Å²) < 4.78 is 11.7. The fraction of sp³-hybridized carbons (Fsp3) is 0.556. The molecule has 1 aromatic carbocycles. The highest BCUT2D eigenvalue weighted by Crippen LogP contribution is 2.42. The predicted octanol–water partition coefficient (Wildman–Crippen LogP) is 3.92. The van der Waals surface area contributed by atoms with Gasteiger partial charge in [0.05, 0.1) is 24.3 Å². The Morgan fingerprint density at radius 1 is 1.31 bits per heavy atom. The van der Waals surface area contributed by atoms with Crippen molar-refractivity contribution >= 4 is 33.1 Å². The lowest BCUT2D eigenvalue weighted by Crippen LogP contribution is -2.52. The molecular formula is C27H37N5O3S. The van der Waals surface area contributed by atoms with Gasteiger partial charge in [0.2, 0.25) is 0 Å². The van der Waals surface area contributed by atoms with Crippen LogP contribution in [0.4, 0.5) is 11.5 Å². The standard InChI is InChI=1S/C27H37N5O3S/c1-15-9-21(22(10-16(15)2)35-18(4)12-28)31-25-24-20-6-5-19(11-23(20)36-26(24)30-14-29-25)27(33)32-7-8-34-13-17(32)3/h9-10,14,17-19,27,33H,5-8,11-13,28H2,1-4H3,(H,29,30,31). The molecule has 194 valence electrons. The zero-order valence-corrected chi connectivity index (χ0v) is 22.4. The molecule has 3 heterocycles. The second-order valence-corrected chi connectivity index (χ2v) is 11.3. The van der Waals surface area contributed by atoms with Crippen molar-refractivity contribution in [3.05, 3.63) is 40.0 Å². The molecule has 9 heteroatoms. The number of aryl methyl sites for hydroxylation is 3. The van der Waals surface area contributed by atoms with Crippen LogP contribution in [0.1, 0.15) is 41.8 Å². The fourth-order valence-corrected chi connectivity index (χ4v) is 6.55. The first-order valence-corrected chi connectivity index (χ1v) is 13.7. The molecule has 3 aromatic rings. The molecule has 2 aliphatic rings. The van der Waals surface area contributed by atoms with Gasteiger partial charge in [0.25, 0.3) is 0 Å². The van der Waals surface area contributed by atoms with Crippen LogP contribution < -0.4 is 15.8 Å². The number of aliphatic hydroxyl groups is 1. The first-order chi connectivity index (χ1) is 17.4. The summed E-state index contributed by atoms with van der Waals surface area (Å²) in [4.78, 5) is 13.7. The van der Waals surface area contributed by atoms with Crippen molar-refractivity contribution in [2.24, 2.45) is 11.7 Å². The topological polar surface area (TPSA) is 106 Å². The minimum atomic E-state index is -0.453. The summed E-state index contributed by atoms with van der Waals surface area (Å²) in [6.45, 7) is 10.9. The van der Waals surface area contributed by atoms with Crippen LogP contribution in [0, 0.1) is 19.8 Å². The molecule has 4 atom stereocenters. The summed E-state index contributed by atoms with van der Waals surface area (Å²) in [6, 6.07) is 4.40. The van der Waals surface area contributed by atoms with E-state index in [1.807, 2.05) is 6.92 Å². The van der Waals surface area contributed by atoms with Crippen molar-refractivity contribution in [3.8, 4) is 5.75 Å². The molecule has 1 aliphatic heterocycles. The number of rotatable bonds is 7. The van der Waals surface area contributed by atoms with Gasteiger partial charge in [0.15, 0.2) is 0 Å². The number of aliphatic hydroxyl groups excluding tert-OH is 1. The average molecular weight is 512 g/mol. The fourth-order valence-electron chi connectivity index (χ4n) is 5.27. The Kier molecular flexibility index (Phi) is 7.46. The van der Waals surface area contributed by atoms with Crippen molar-refractivity contribution in [2.75, 3.05) is 31.6 Å². The largest absolute Gasteiger partial charge is 0.487 e. The molecule has 1 saturated heterocycles. The Labute approximate surface area is 216 Å². The predicted molar refractivity (Wildman–Crippen MR) is 144 cm³/mol. The van der Waals surface area contributed by atoms with Crippen LogP contribution in [-0.2, 0) is 17.6 Å². The van der Waals surface area contributed by atoms with Crippen LogP contribution in [0.25, 0.3) is 10.2 Å². The van der Waals surface area contributed by atoms with Crippen LogP contribution in [-0.4, -0.2) is 64.7 Å². The van der Waals surface area contributed by atoms with Gasteiger partial charge < -0.3 is 25.6 Å². The van der Waals surface area contributed by atoms with Crippen molar-refractivity contribution in [1.82, 2.24) is 14.9 Å². The first-order valence-electron chi connectivity index (χ1n) is 12.9. The quantitative estimate of drug-likeness (QED) is 0.438. The van der Waals surface area contributed by atoms with E-state index in [9.17, 15) is 5.11 Å². The summed E-state index contributed by atoms with van der Waals surface area (Å²) >= 11 is 1.72. The lowest BCUT2D eigenvalue weighted by atomic mass is 9.86. The first kappa shape index (κ1) is 25.4. The number of morpholine rings is 1. The van der Waals surface area contributed by atoms with Crippen molar-refractivity contribution < 1.29 is 14.6 Å². The Morgan fingerprint density at radius 2 is 2.11 bits per heavy atom. The Balaban J connectivity index is 1.44. The van der Waals surface area contributed by atoms with Crippen LogP contribution in [0.2, 0.25) is 0 Å². The van der Waals surface area contributed by atoms with E-state index in [1.165, 1.54) is 21.6 Å². The van der Waals surface area contributed by atoms with E-state index in [4.69, 9.17) is 15.2 Å². The Hall–Kier alpha value is -2.30. The van der Waals surface area contributed by atoms with Gasteiger partial charge >= 0.3 is 0 Å². The van der Waals surface area contributed by atoms with Crippen molar-refractivity contribution in [3.63, 3.8) is 0 Å². The number of hydrogen-bond acceptors (Lipinski definition) is 9. The molecule has 8 nitrogen and oxygen atoms in total. The molecule has 36 heavy (non-hydrogen) atoms. The number of nitrogens with two attached hydrogens (primary N) is 1. The molecule has 5 rings (SSSR count). The van der Waals surface area contributed by atoms with Gasteiger partial charge in [-0.15, -0.1) is 11.3 Å². The third-order valence-corrected chi connectivity index (χ3v) is 8.74. The smallest absolute Gasteiger partial charge is 0.143 e. The van der Waals surface area contributed by atoms with E-state index in [1.54, 1.807) is 17.7 Å². The van der Waals surface area contributed by atoms with Gasteiger partial charge in [0, 0.05) is 29.9 Å². The third kappa shape index (κ3) is 4.95. The maximum atomic E-state index is 11.2. The third-order valence-electron chi connectivity index (χ3n) is 7.57. The second kappa shape index (κ2) is 10.6. The Morgan fingerprint density at radius 3 is 2.89 bits per heavy atom. The highest BCUT2D eigenvalue weighted by molar-refractivity contribution is 7.19. The van der Waals surface area contributed by atoms with Crippen molar-refractivity contribution in [2.45, 2.75) is 65.3 Å². The van der Waals surface area contributed by atoms with E-state index < -0.39 is 6.23 Å². The van der Waals surface area contributed by atoms with Gasteiger partial charge in [-0.1, -0.05) is 0 Å².